The van der Waals surface area contributed by atoms with Crippen LogP contribution in [0.25, 0.3) is 0 Å². The molecule has 1 aromatic carbocycles. The normalized spacial score (nSPS) is 11.2. The molecule has 0 atom stereocenters. The van der Waals surface area contributed by atoms with Gasteiger partial charge in [0, 0.05) is 24.2 Å². The minimum Gasteiger partial charge on any atom is -0.489 e. The summed E-state index contributed by atoms with van der Waals surface area (Å²) in [6, 6.07) is 4.28. The third kappa shape index (κ3) is 5.59. The number of nitro benzene ring substituents is 1. The predicted octanol–water partition coefficient (Wildman–Crippen LogP) is 3.57. The van der Waals surface area contributed by atoms with Gasteiger partial charge in [-0.1, -0.05) is 18.2 Å². The Hall–Kier alpha value is -1.59. The summed E-state index contributed by atoms with van der Waals surface area (Å²) in [5.41, 5.74) is 0.765. The van der Waals surface area contributed by atoms with Crippen LogP contribution >= 0.6 is 11.6 Å². The molecule has 0 radical (unpaired) electrons. The predicted molar refractivity (Wildman–Crippen MR) is 80.5 cm³/mol. The molecule has 5 nitrogen and oxygen atoms in total. The Balaban J connectivity index is 2.52. The maximum atomic E-state index is 10.6. The highest BCUT2D eigenvalue weighted by atomic mass is 35.5. The molecular weight excluding hydrogens is 280 g/mol. The number of hydrogen-bond acceptors (Lipinski definition) is 4. The summed E-state index contributed by atoms with van der Waals surface area (Å²) >= 11 is 5.80. The summed E-state index contributed by atoms with van der Waals surface area (Å²) in [5, 5.41) is 14.0. The number of hydrogen-bond donors (Lipinski definition) is 1. The summed E-state index contributed by atoms with van der Waals surface area (Å²) in [6.07, 6.45) is 0. The zero-order valence-electron chi connectivity index (χ0n) is 11.9. The Morgan fingerprint density at radius 2 is 2.15 bits per heavy atom. The number of nitro groups is 1. The van der Waals surface area contributed by atoms with Crippen molar-refractivity contribution in [1.29, 1.82) is 0 Å². The van der Waals surface area contributed by atoms with Crippen LogP contribution < -0.4 is 10.1 Å². The van der Waals surface area contributed by atoms with Gasteiger partial charge in [0.25, 0.3) is 5.69 Å². The Labute approximate surface area is 123 Å². The zero-order valence-corrected chi connectivity index (χ0v) is 12.7. The minimum atomic E-state index is -0.529. The Kier molecular flexibility index (Phi) is 5.53. The molecule has 1 rings (SSSR count). The van der Waals surface area contributed by atoms with Crippen LogP contribution in [0.5, 0.6) is 5.75 Å². The van der Waals surface area contributed by atoms with Crippen molar-refractivity contribution in [3.05, 3.63) is 45.5 Å². The second-order valence-corrected chi connectivity index (χ2v) is 5.92. The standard InChI is InChI=1S/C14H19ClN2O3/c1-10(8-16-14(2,3)4)9-20-11-5-6-13(17(18)19)12(15)7-11/h5-7,16H,1,8-9H2,2-4H3. The Morgan fingerprint density at radius 1 is 1.50 bits per heavy atom. The van der Waals surface area contributed by atoms with Crippen LogP contribution in [0.1, 0.15) is 20.8 Å². The summed E-state index contributed by atoms with van der Waals surface area (Å²) in [4.78, 5) is 10.1. The lowest BCUT2D eigenvalue weighted by Crippen LogP contribution is -2.37. The van der Waals surface area contributed by atoms with Crippen molar-refractivity contribution in [3.8, 4) is 5.75 Å². The summed E-state index contributed by atoms with van der Waals surface area (Å²) < 4.78 is 5.50. The maximum absolute atomic E-state index is 10.6. The zero-order chi connectivity index (χ0) is 15.3. The molecule has 20 heavy (non-hydrogen) atoms. The Bertz CT molecular complexity index is 510. The molecule has 0 fully saturated rings. The van der Waals surface area contributed by atoms with E-state index < -0.39 is 4.92 Å². The molecule has 0 bridgehead atoms. The number of halogens is 1. The van der Waals surface area contributed by atoms with Gasteiger partial charge in [-0.2, -0.15) is 0 Å². The van der Waals surface area contributed by atoms with Gasteiger partial charge < -0.3 is 10.1 Å². The number of rotatable bonds is 6. The molecule has 0 aliphatic heterocycles. The number of nitrogens with one attached hydrogen (secondary N) is 1. The SMILES string of the molecule is C=C(CNC(C)(C)C)COc1ccc([N+](=O)[O-])c(Cl)c1. The second kappa shape index (κ2) is 6.72. The summed E-state index contributed by atoms with van der Waals surface area (Å²) in [6.45, 7) is 11.1. The Morgan fingerprint density at radius 3 is 2.65 bits per heavy atom. The van der Waals surface area contributed by atoms with Crippen molar-refractivity contribution in [1.82, 2.24) is 5.32 Å². The average molecular weight is 299 g/mol. The minimum absolute atomic E-state index is 0.0135. The lowest BCUT2D eigenvalue weighted by Gasteiger charge is -2.21. The van der Waals surface area contributed by atoms with Gasteiger partial charge in [-0.15, -0.1) is 0 Å². The van der Waals surface area contributed by atoms with Crippen molar-refractivity contribution in [2.24, 2.45) is 0 Å². The number of nitrogens with zero attached hydrogens (tertiary/aromatic N) is 1. The third-order valence-corrected chi connectivity index (χ3v) is 2.73. The molecule has 0 spiro atoms. The third-order valence-electron chi connectivity index (χ3n) is 2.43. The van der Waals surface area contributed by atoms with E-state index in [4.69, 9.17) is 16.3 Å². The fourth-order valence-electron chi connectivity index (χ4n) is 1.35. The fraction of sp³-hybridized carbons (Fsp3) is 0.429. The summed E-state index contributed by atoms with van der Waals surface area (Å²) in [7, 11) is 0. The first kappa shape index (κ1) is 16.5. The molecule has 6 heteroatoms. The van der Waals surface area contributed by atoms with Crippen LogP contribution in [0.4, 0.5) is 5.69 Å². The van der Waals surface area contributed by atoms with E-state index in [0.29, 0.717) is 18.9 Å². The van der Waals surface area contributed by atoms with E-state index in [0.717, 1.165) is 5.57 Å². The molecule has 0 heterocycles. The van der Waals surface area contributed by atoms with Crippen molar-refractivity contribution in [2.75, 3.05) is 13.2 Å². The molecule has 0 amide bonds. The van der Waals surface area contributed by atoms with Gasteiger partial charge in [-0.05, 0) is 32.4 Å². The van der Waals surface area contributed by atoms with Crippen molar-refractivity contribution in [2.45, 2.75) is 26.3 Å². The quantitative estimate of drug-likeness (QED) is 0.495. The highest BCUT2D eigenvalue weighted by Crippen LogP contribution is 2.28. The van der Waals surface area contributed by atoms with Crippen molar-refractivity contribution < 1.29 is 9.66 Å². The van der Waals surface area contributed by atoms with E-state index in [1.165, 1.54) is 18.2 Å². The largest absolute Gasteiger partial charge is 0.489 e. The topological polar surface area (TPSA) is 64.4 Å². The van der Waals surface area contributed by atoms with Gasteiger partial charge >= 0.3 is 0 Å². The van der Waals surface area contributed by atoms with E-state index in [9.17, 15) is 10.1 Å². The molecule has 0 aliphatic rings. The highest BCUT2D eigenvalue weighted by Gasteiger charge is 2.13. The molecule has 0 aliphatic carbocycles. The van der Waals surface area contributed by atoms with Gasteiger partial charge in [-0.3, -0.25) is 10.1 Å². The number of benzene rings is 1. The fourth-order valence-corrected chi connectivity index (χ4v) is 1.59. The maximum Gasteiger partial charge on any atom is 0.288 e. The van der Waals surface area contributed by atoms with E-state index in [1.54, 1.807) is 0 Å². The van der Waals surface area contributed by atoms with Crippen LogP contribution in [0, 0.1) is 10.1 Å². The van der Waals surface area contributed by atoms with Crippen LogP contribution in [0.15, 0.2) is 30.4 Å². The smallest absolute Gasteiger partial charge is 0.288 e. The highest BCUT2D eigenvalue weighted by molar-refractivity contribution is 6.32. The second-order valence-electron chi connectivity index (χ2n) is 5.51. The monoisotopic (exact) mass is 298 g/mol. The first-order chi connectivity index (χ1) is 9.19. The number of ether oxygens (including phenoxy) is 1. The molecule has 0 aromatic heterocycles. The van der Waals surface area contributed by atoms with E-state index in [1.807, 2.05) is 0 Å². The molecule has 0 saturated heterocycles. The van der Waals surface area contributed by atoms with Gasteiger partial charge in [-0.25, -0.2) is 0 Å². The van der Waals surface area contributed by atoms with Crippen LogP contribution in [0.3, 0.4) is 0 Å². The van der Waals surface area contributed by atoms with Crippen molar-refractivity contribution in [3.63, 3.8) is 0 Å². The van der Waals surface area contributed by atoms with E-state index in [2.05, 4.69) is 32.7 Å². The lowest BCUT2D eigenvalue weighted by molar-refractivity contribution is -0.384. The average Bonchev–Trinajstić information content (AvgIpc) is 2.32. The van der Waals surface area contributed by atoms with Crippen LogP contribution in [-0.4, -0.2) is 23.6 Å². The molecule has 0 saturated carbocycles. The first-order valence-corrected chi connectivity index (χ1v) is 6.55. The van der Waals surface area contributed by atoms with Crippen LogP contribution in [0.2, 0.25) is 5.02 Å². The van der Waals surface area contributed by atoms with E-state index >= 15 is 0 Å². The van der Waals surface area contributed by atoms with Gasteiger partial charge in [0.15, 0.2) is 0 Å². The first-order valence-electron chi connectivity index (χ1n) is 6.17. The molecule has 1 aromatic rings. The molecule has 110 valence electrons. The lowest BCUT2D eigenvalue weighted by atomic mass is 10.1. The molecule has 0 unspecified atom stereocenters. The van der Waals surface area contributed by atoms with Crippen LogP contribution in [-0.2, 0) is 0 Å². The van der Waals surface area contributed by atoms with Gasteiger partial charge in [0.05, 0.1) is 4.92 Å². The van der Waals surface area contributed by atoms with E-state index in [-0.39, 0.29) is 16.2 Å². The molecule has 1 N–H and O–H groups in total. The van der Waals surface area contributed by atoms with Gasteiger partial charge in [0.2, 0.25) is 0 Å². The summed E-state index contributed by atoms with van der Waals surface area (Å²) in [5.74, 6) is 0.484. The van der Waals surface area contributed by atoms with Gasteiger partial charge in [0.1, 0.15) is 17.4 Å². The van der Waals surface area contributed by atoms with Crippen molar-refractivity contribution >= 4 is 17.3 Å². The molecular formula is C14H19ClN2O3.